The van der Waals surface area contributed by atoms with Crippen LogP contribution in [0.4, 0.5) is 0 Å². The molecule has 0 bridgehead atoms. The van der Waals surface area contributed by atoms with Crippen molar-refractivity contribution in [2.24, 2.45) is 0 Å². The fourth-order valence-corrected chi connectivity index (χ4v) is 2.90. The highest BCUT2D eigenvalue weighted by atomic mass is 32.1. The Hall–Kier alpha value is -2.08. The van der Waals surface area contributed by atoms with Crippen molar-refractivity contribution in [3.63, 3.8) is 0 Å². The summed E-state index contributed by atoms with van der Waals surface area (Å²) in [5.41, 5.74) is 1.15. The van der Waals surface area contributed by atoms with Gasteiger partial charge >= 0.3 is 5.97 Å². The van der Waals surface area contributed by atoms with Crippen LogP contribution in [0.15, 0.2) is 22.9 Å². The van der Waals surface area contributed by atoms with Crippen LogP contribution in [0.2, 0.25) is 0 Å². The Balaban J connectivity index is 2.24. The third-order valence-corrected chi connectivity index (χ3v) is 3.64. The minimum atomic E-state index is -1.10. The Kier molecular flexibility index (Phi) is 2.05. The number of thiophene rings is 1. The first-order chi connectivity index (χ1) is 8.16. The van der Waals surface area contributed by atoms with Crippen molar-refractivity contribution in [2.45, 2.75) is 6.92 Å². The van der Waals surface area contributed by atoms with E-state index in [4.69, 9.17) is 9.63 Å². The molecule has 0 atom stereocenters. The van der Waals surface area contributed by atoms with Crippen molar-refractivity contribution in [1.82, 2.24) is 10.1 Å². The second-order valence-electron chi connectivity index (χ2n) is 3.65. The molecule has 0 fully saturated rings. The summed E-state index contributed by atoms with van der Waals surface area (Å²) >= 11 is 1.49. The van der Waals surface area contributed by atoms with Crippen LogP contribution >= 0.6 is 11.3 Å². The van der Waals surface area contributed by atoms with E-state index in [0.29, 0.717) is 11.3 Å². The van der Waals surface area contributed by atoms with Crippen molar-refractivity contribution in [3.8, 4) is 10.4 Å². The molecule has 3 heterocycles. The molecule has 0 aliphatic rings. The second kappa shape index (κ2) is 3.46. The van der Waals surface area contributed by atoms with E-state index in [1.54, 1.807) is 6.92 Å². The molecule has 0 spiro atoms. The number of hydrogen-bond acceptors (Lipinski definition) is 4. The van der Waals surface area contributed by atoms with Crippen LogP contribution in [-0.4, -0.2) is 21.2 Å². The molecule has 0 radical (unpaired) electrons. The lowest BCUT2D eigenvalue weighted by Gasteiger charge is -1.93. The van der Waals surface area contributed by atoms with E-state index in [1.807, 2.05) is 18.3 Å². The van der Waals surface area contributed by atoms with E-state index in [9.17, 15) is 4.79 Å². The summed E-state index contributed by atoms with van der Waals surface area (Å²) in [5, 5.41) is 13.8. The van der Waals surface area contributed by atoms with Gasteiger partial charge < -0.3 is 14.6 Å². The van der Waals surface area contributed by atoms with Gasteiger partial charge in [0.2, 0.25) is 0 Å². The summed E-state index contributed by atoms with van der Waals surface area (Å²) in [4.78, 5) is 16.0. The number of carbonyl (C=O) groups is 1. The van der Waals surface area contributed by atoms with Gasteiger partial charge in [0.05, 0.1) is 11.3 Å². The SMILES string of the molecule is Cc1noc(C(=O)O)c1-c1cc2cc[nH]c2s1. The fraction of sp³-hybridized carbons (Fsp3) is 0.0909. The molecule has 0 saturated heterocycles. The fourth-order valence-electron chi connectivity index (χ4n) is 1.78. The van der Waals surface area contributed by atoms with Gasteiger partial charge in [-0.1, -0.05) is 5.16 Å². The van der Waals surface area contributed by atoms with Gasteiger partial charge in [0, 0.05) is 16.5 Å². The van der Waals surface area contributed by atoms with Crippen LogP contribution in [0.3, 0.4) is 0 Å². The highest BCUT2D eigenvalue weighted by Crippen LogP contribution is 2.36. The van der Waals surface area contributed by atoms with Crippen molar-refractivity contribution in [3.05, 3.63) is 29.8 Å². The van der Waals surface area contributed by atoms with Crippen molar-refractivity contribution in [1.29, 1.82) is 0 Å². The number of aryl methyl sites for hydroxylation is 1. The Morgan fingerprint density at radius 1 is 1.59 bits per heavy atom. The maximum Gasteiger partial charge on any atom is 0.375 e. The van der Waals surface area contributed by atoms with Crippen LogP contribution < -0.4 is 0 Å². The zero-order valence-electron chi connectivity index (χ0n) is 8.85. The molecule has 86 valence electrons. The van der Waals surface area contributed by atoms with E-state index in [0.717, 1.165) is 15.1 Å². The van der Waals surface area contributed by atoms with Crippen LogP contribution in [0.1, 0.15) is 16.2 Å². The highest BCUT2D eigenvalue weighted by Gasteiger charge is 2.22. The van der Waals surface area contributed by atoms with Gasteiger partial charge in [0.1, 0.15) is 4.83 Å². The molecule has 6 heteroatoms. The van der Waals surface area contributed by atoms with E-state index < -0.39 is 5.97 Å². The predicted molar refractivity (Wildman–Crippen MR) is 63.4 cm³/mol. The molecule has 5 nitrogen and oxygen atoms in total. The number of rotatable bonds is 2. The number of H-pyrrole nitrogens is 1. The molecule has 0 saturated carbocycles. The minimum absolute atomic E-state index is 0.105. The lowest BCUT2D eigenvalue weighted by atomic mass is 10.1. The van der Waals surface area contributed by atoms with Crippen LogP contribution in [0.5, 0.6) is 0 Å². The summed E-state index contributed by atoms with van der Waals surface area (Å²) in [6.45, 7) is 1.74. The molecule has 3 aromatic rings. The molecule has 0 aliphatic carbocycles. The lowest BCUT2D eigenvalue weighted by Crippen LogP contribution is -1.95. The number of aromatic nitrogens is 2. The standard InChI is InChI=1S/C11H8N2O3S/c1-5-8(9(11(14)15)16-13-5)7-4-6-2-3-12-10(6)17-7/h2-4,12H,1H3,(H,14,15). The Labute approximate surface area is 99.7 Å². The maximum atomic E-state index is 11.0. The number of nitrogens with zero attached hydrogens (tertiary/aromatic N) is 1. The van der Waals surface area contributed by atoms with Gasteiger partial charge in [-0.2, -0.15) is 0 Å². The first kappa shape index (κ1) is 10.1. The largest absolute Gasteiger partial charge is 0.475 e. The third-order valence-electron chi connectivity index (χ3n) is 2.54. The minimum Gasteiger partial charge on any atom is -0.475 e. The average Bonchev–Trinajstić information content (AvgIpc) is 2.88. The Morgan fingerprint density at radius 2 is 2.41 bits per heavy atom. The zero-order chi connectivity index (χ0) is 12.0. The van der Waals surface area contributed by atoms with Crippen molar-refractivity contribution < 1.29 is 14.4 Å². The van der Waals surface area contributed by atoms with E-state index >= 15 is 0 Å². The van der Waals surface area contributed by atoms with Crippen LogP contribution in [0, 0.1) is 6.92 Å². The number of aromatic amines is 1. The molecular weight excluding hydrogens is 240 g/mol. The molecule has 2 N–H and O–H groups in total. The number of aromatic carboxylic acids is 1. The van der Waals surface area contributed by atoms with Crippen LogP contribution in [0.25, 0.3) is 20.7 Å². The smallest absolute Gasteiger partial charge is 0.375 e. The summed E-state index contributed by atoms with van der Waals surface area (Å²) in [6.07, 6.45) is 1.85. The average molecular weight is 248 g/mol. The topological polar surface area (TPSA) is 79.1 Å². The van der Waals surface area contributed by atoms with Gasteiger partial charge in [-0.3, -0.25) is 0 Å². The quantitative estimate of drug-likeness (QED) is 0.730. The lowest BCUT2D eigenvalue weighted by molar-refractivity contribution is 0.0653. The Bertz CT molecular complexity index is 679. The number of carboxylic acid groups (broad SMARTS) is 1. The summed E-state index contributed by atoms with van der Waals surface area (Å²) in [6, 6.07) is 3.88. The van der Waals surface area contributed by atoms with Gasteiger partial charge in [0.25, 0.3) is 5.76 Å². The van der Waals surface area contributed by atoms with Gasteiger partial charge in [-0.25, -0.2) is 4.79 Å². The normalized spacial score (nSPS) is 11.1. The maximum absolute atomic E-state index is 11.0. The highest BCUT2D eigenvalue weighted by molar-refractivity contribution is 7.21. The molecule has 3 rings (SSSR count). The van der Waals surface area contributed by atoms with Crippen molar-refractivity contribution >= 4 is 27.5 Å². The third kappa shape index (κ3) is 1.45. The summed E-state index contributed by atoms with van der Waals surface area (Å²) < 4.78 is 4.83. The van der Waals surface area contributed by atoms with E-state index in [-0.39, 0.29) is 5.76 Å². The molecule has 0 amide bonds. The predicted octanol–water partition coefficient (Wildman–Crippen LogP) is 2.89. The summed E-state index contributed by atoms with van der Waals surface area (Å²) in [7, 11) is 0. The number of carboxylic acids is 1. The molecule has 3 aromatic heterocycles. The second-order valence-corrected chi connectivity index (χ2v) is 4.70. The monoisotopic (exact) mass is 248 g/mol. The van der Waals surface area contributed by atoms with E-state index in [1.165, 1.54) is 11.3 Å². The van der Waals surface area contributed by atoms with Gasteiger partial charge in [-0.15, -0.1) is 11.3 Å². The molecule has 0 unspecified atom stereocenters. The number of hydrogen-bond donors (Lipinski definition) is 2. The molecular formula is C11H8N2O3S. The van der Waals surface area contributed by atoms with Gasteiger partial charge in [-0.05, 0) is 19.1 Å². The van der Waals surface area contributed by atoms with E-state index in [2.05, 4.69) is 10.1 Å². The first-order valence-corrected chi connectivity index (χ1v) is 5.75. The van der Waals surface area contributed by atoms with Crippen molar-refractivity contribution in [2.75, 3.05) is 0 Å². The van der Waals surface area contributed by atoms with Gasteiger partial charge in [0.15, 0.2) is 0 Å². The summed E-state index contributed by atoms with van der Waals surface area (Å²) in [5.74, 6) is -1.20. The molecule has 0 aliphatic heterocycles. The Morgan fingerprint density at radius 3 is 3.12 bits per heavy atom. The molecule has 17 heavy (non-hydrogen) atoms. The zero-order valence-corrected chi connectivity index (χ0v) is 9.67. The molecule has 0 aromatic carbocycles. The number of nitrogens with one attached hydrogen (secondary N) is 1. The number of fused-ring (bicyclic) bond motifs is 1. The first-order valence-electron chi connectivity index (χ1n) is 4.93. The van der Waals surface area contributed by atoms with Crippen LogP contribution in [-0.2, 0) is 0 Å².